The second-order valence-electron chi connectivity index (χ2n) is 6.29. The largest absolute Gasteiger partial charge is 0.378 e. The monoisotopic (exact) mass is 358 g/mol. The molecule has 25 heavy (non-hydrogen) atoms. The van der Waals surface area contributed by atoms with E-state index < -0.39 is 0 Å². The molecule has 2 aromatic carbocycles. The van der Waals surface area contributed by atoms with Gasteiger partial charge in [-0.3, -0.25) is 4.79 Å². The van der Waals surface area contributed by atoms with E-state index in [1.807, 2.05) is 18.2 Å². The van der Waals surface area contributed by atoms with Crippen molar-refractivity contribution >= 4 is 28.9 Å². The molecule has 0 spiro atoms. The second-order valence-corrected chi connectivity index (χ2v) is 6.73. The summed E-state index contributed by atoms with van der Waals surface area (Å²) >= 11 is 6.13. The highest BCUT2D eigenvalue weighted by Gasteiger charge is 2.16. The number of aryl methyl sites for hydroxylation is 2. The minimum absolute atomic E-state index is 0.00245. The van der Waals surface area contributed by atoms with Gasteiger partial charge in [-0.1, -0.05) is 41.4 Å². The molecule has 0 unspecified atom stereocenters. The molecule has 5 heteroatoms. The molecule has 1 fully saturated rings. The van der Waals surface area contributed by atoms with Crippen molar-refractivity contribution in [3.05, 3.63) is 58.6 Å². The van der Waals surface area contributed by atoms with Crippen molar-refractivity contribution in [2.75, 3.05) is 36.5 Å². The summed E-state index contributed by atoms with van der Waals surface area (Å²) in [6.45, 7) is 5.08. The van der Waals surface area contributed by atoms with E-state index in [4.69, 9.17) is 16.3 Å². The van der Waals surface area contributed by atoms with Gasteiger partial charge in [0.1, 0.15) is 0 Å². The number of nitrogens with one attached hydrogen (secondary N) is 1. The highest BCUT2D eigenvalue weighted by Crippen LogP contribution is 2.30. The van der Waals surface area contributed by atoms with Gasteiger partial charge < -0.3 is 15.0 Å². The lowest BCUT2D eigenvalue weighted by molar-refractivity contribution is -0.116. The lowest BCUT2D eigenvalue weighted by Gasteiger charge is -2.30. The standard InChI is InChI=1S/C20H23ClN2O2/c1-15-2-4-16(5-3-15)6-9-20(24)22-18-14-17(21)7-8-19(18)23-10-12-25-13-11-23/h2-5,7-8,14H,6,9-13H2,1H3,(H,22,24). The Bertz CT molecular complexity index is 725. The number of halogens is 1. The minimum atomic E-state index is -0.00245. The molecule has 1 amide bonds. The molecule has 1 heterocycles. The third-order valence-electron chi connectivity index (χ3n) is 4.35. The predicted octanol–water partition coefficient (Wildman–Crippen LogP) is 4.06. The average molecular weight is 359 g/mol. The number of hydrogen-bond donors (Lipinski definition) is 1. The van der Waals surface area contributed by atoms with Crippen LogP contribution in [0.25, 0.3) is 0 Å². The molecule has 132 valence electrons. The van der Waals surface area contributed by atoms with E-state index in [9.17, 15) is 4.79 Å². The van der Waals surface area contributed by atoms with Crippen LogP contribution in [0.4, 0.5) is 11.4 Å². The highest BCUT2D eigenvalue weighted by molar-refractivity contribution is 6.31. The molecule has 1 aliphatic heterocycles. The van der Waals surface area contributed by atoms with Crippen molar-refractivity contribution in [1.29, 1.82) is 0 Å². The summed E-state index contributed by atoms with van der Waals surface area (Å²) < 4.78 is 5.41. The maximum atomic E-state index is 12.4. The number of nitrogens with zero attached hydrogens (tertiary/aromatic N) is 1. The third-order valence-corrected chi connectivity index (χ3v) is 4.58. The molecule has 1 N–H and O–H groups in total. The molecule has 2 aromatic rings. The first-order chi connectivity index (χ1) is 12.1. The van der Waals surface area contributed by atoms with Crippen LogP contribution in [-0.2, 0) is 16.0 Å². The summed E-state index contributed by atoms with van der Waals surface area (Å²) in [7, 11) is 0. The van der Waals surface area contributed by atoms with Crippen LogP contribution in [0, 0.1) is 6.92 Å². The Labute approximate surface area is 153 Å². The van der Waals surface area contributed by atoms with E-state index in [0.717, 1.165) is 30.9 Å². The fraction of sp³-hybridized carbons (Fsp3) is 0.350. The Balaban J connectivity index is 1.65. The summed E-state index contributed by atoms with van der Waals surface area (Å²) in [5, 5.41) is 3.64. The molecule has 0 atom stereocenters. The zero-order chi connectivity index (χ0) is 17.6. The molecule has 1 saturated heterocycles. The molecule has 0 saturated carbocycles. The SMILES string of the molecule is Cc1ccc(CCC(=O)Nc2cc(Cl)ccc2N2CCOCC2)cc1. The van der Waals surface area contributed by atoms with Crippen LogP contribution < -0.4 is 10.2 Å². The van der Waals surface area contributed by atoms with E-state index >= 15 is 0 Å². The van der Waals surface area contributed by atoms with Crippen molar-refractivity contribution in [1.82, 2.24) is 0 Å². The zero-order valence-corrected chi connectivity index (χ0v) is 15.2. The summed E-state index contributed by atoms with van der Waals surface area (Å²) in [6.07, 6.45) is 1.16. The Morgan fingerprint density at radius 1 is 1.16 bits per heavy atom. The van der Waals surface area contributed by atoms with Crippen molar-refractivity contribution in [2.45, 2.75) is 19.8 Å². The van der Waals surface area contributed by atoms with Crippen molar-refractivity contribution in [3.63, 3.8) is 0 Å². The van der Waals surface area contributed by atoms with E-state index in [0.29, 0.717) is 24.7 Å². The Morgan fingerprint density at radius 3 is 2.60 bits per heavy atom. The fourth-order valence-corrected chi connectivity index (χ4v) is 3.09. The zero-order valence-electron chi connectivity index (χ0n) is 14.4. The minimum Gasteiger partial charge on any atom is -0.378 e. The predicted molar refractivity (Wildman–Crippen MR) is 103 cm³/mol. The quantitative estimate of drug-likeness (QED) is 0.876. The van der Waals surface area contributed by atoms with Crippen molar-refractivity contribution < 1.29 is 9.53 Å². The van der Waals surface area contributed by atoms with Gasteiger partial charge in [-0.05, 0) is 37.1 Å². The summed E-state index contributed by atoms with van der Waals surface area (Å²) in [4.78, 5) is 14.6. The molecular weight excluding hydrogens is 336 g/mol. The Morgan fingerprint density at radius 2 is 1.88 bits per heavy atom. The smallest absolute Gasteiger partial charge is 0.224 e. The summed E-state index contributed by atoms with van der Waals surface area (Å²) in [6, 6.07) is 13.9. The molecular formula is C20H23ClN2O2. The molecule has 4 nitrogen and oxygen atoms in total. The lowest BCUT2D eigenvalue weighted by atomic mass is 10.1. The van der Waals surface area contributed by atoms with Crippen LogP contribution >= 0.6 is 11.6 Å². The molecule has 0 radical (unpaired) electrons. The number of morpholine rings is 1. The number of carbonyl (C=O) groups is 1. The van der Waals surface area contributed by atoms with Crippen molar-refractivity contribution in [3.8, 4) is 0 Å². The van der Waals surface area contributed by atoms with Crippen LogP contribution in [0.15, 0.2) is 42.5 Å². The van der Waals surface area contributed by atoms with Gasteiger partial charge in [-0.25, -0.2) is 0 Å². The maximum Gasteiger partial charge on any atom is 0.224 e. The number of hydrogen-bond acceptors (Lipinski definition) is 3. The van der Waals surface area contributed by atoms with Crippen LogP contribution in [0.1, 0.15) is 17.5 Å². The van der Waals surface area contributed by atoms with E-state index in [-0.39, 0.29) is 5.91 Å². The Kier molecular flexibility index (Phi) is 5.95. The summed E-state index contributed by atoms with van der Waals surface area (Å²) in [5.74, 6) is -0.00245. The highest BCUT2D eigenvalue weighted by atomic mass is 35.5. The van der Waals surface area contributed by atoms with Crippen LogP contribution in [0.3, 0.4) is 0 Å². The molecule has 3 rings (SSSR count). The van der Waals surface area contributed by atoms with E-state index in [1.165, 1.54) is 11.1 Å². The van der Waals surface area contributed by atoms with Gasteiger partial charge in [-0.2, -0.15) is 0 Å². The van der Waals surface area contributed by atoms with Crippen LogP contribution in [0.2, 0.25) is 5.02 Å². The maximum absolute atomic E-state index is 12.4. The van der Waals surface area contributed by atoms with Gasteiger partial charge in [0, 0.05) is 24.5 Å². The molecule has 0 aliphatic carbocycles. The van der Waals surface area contributed by atoms with Gasteiger partial charge in [0.2, 0.25) is 5.91 Å². The van der Waals surface area contributed by atoms with Gasteiger partial charge in [0.15, 0.2) is 0 Å². The molecule has 0 bridgehead atoms. The number of ether oxygens (including phenoxy) is 1. The van der Waals surface area contributed by atoms with Crippen LogP contribution in [0.5, 0.6) is 0 Å². The summed E-state index contributed by atoms with van der Waals surface area (Å²) in [5.41, 5.74) is 4.15. The van der Waals surface area contributed by atoms with Gasteiger partial charge in [-0.15, -0.1) is 0 Å². The van der Waals surface area contributed by atoms with Crippen LogP contribution in [-0.4, -0.2) is 32.2 Å². The number of benzene rings is 2. The second kappa shape index (κ2) is 8.37. The van der Waals surface area contributed by atoms with Crippen molar-refractivity contribution in [2.24, 2.45) is 0 Å². The average Bonchev–Trinajstić information content (AvgIpc) is 2.62. The first-order valence-electron chi connectivity index (χ1n) is 8.59. The number of amides is 1. The third kappa shape index (κ3) is 4.97. The number of carbonyl (C=O) groups excluding carboxylic acids is 1. The normalized spacial score (nSPS) is 14.4. The first kappa shape index (κ1) is 17.8. The molecule has 1 aliphatic rings. The van der Waals surface area contributed by atoms with E-state index in [1.54, 1.807) is 0 Å². The topological polar surface area (TPSA) is 41.6 Å². The first-order valence-corrected chi connectivity index (χ1v) is 8.97. The van der Waals surface area contributed by atoms with Gasteiger partial charge in [0.25, 0.3) is 0 Å². The number of anilines is 2. The van der Waals surface area contributed by atoms with Gasteiger partial charge in [0.05, 0.1) is 24.6 Å². The fourth-order valence-electron chi connectivity index (χ4n) is 2.91. The number of rotatable bonds is 5. The van der Waals surface area contributed by atoms with Gasteiger partial charge >= 0.3 is 0 Å². The van der Waals surface area contributed by atoms with E-state index in [2.05, 4.69) is 41.4 Å². The molecule has 0 aromatic heterocycles. The Hall–Kier alpha value is -2.04. The lowest BCUT2D eigenvalue weighted by Crippen LogP contribution is -2.36.